The Morgan fingerprint density at radius 1 is 1.32 bits per heavy atom. The Morgan fingerprint density at radius 3 is 2.72 bits per heavy atom. The zero-order valence-corrected chi connectivity index (χ0v) is 16.4. The van der Waals surface area contributed by atoms with Gasteiger partial charge >= 0.3 is 0 Å². The lowest BCUT2D eigenvalue weighted by Gasteiger charge is -2.35. The van der Waals surface area contributed by atoms with Crippen molar-refractivity contribution in [2.45, 2.75) is 41.4 Å². The van der Waals surface area contributed by atoms with Crippen LogP contribution < -0.4 is 0 Å². The minimum atomic E-state index is -0.206. The van der Waals surface area contributed by atoms with E-state index in [4.69, 9.17) is 14.7 Å². The summed E-state index contributed by atoms with van der Waals surface area (Å²) in [7, 11) is 1.79. The molecule has 0 bridgehead atoms. The summed E-state index contributed by atoms with van der Waals surface area (Å²) in [5.74, 6) is 0. The molecule has 134 valence electrons. The molecule has 1 aromatic heterocycles. The number of hydrogen-bond donors (Lipinski definition) is 1. The first-order chi connectivity index (χ1) is 12.1. The van der Waals surface area contributed by atoms with E-state index in [0.29, 0.717) is 5.71 Å². The van der Waals surface area contributed by atoms with E-state index in [0.717, 1.165) is 37.2 Å². The number of oxime groups is 1. The number of nitrogens with zero attached hydrogens (tertiary/aromatic N) is 1. The molecule has 0 spiro atoms. The van der Waals surface area contributed by atoms with Crippen molar-refractivity contribution < 1.29 is 14.7 Å². The highest BCUT2D eigenvalue weighted by Gasteiger charge is 2.35. The van der Waals surface area contributed by atoms with Crippen LogP contribution in [0.15, 0.2) is 43.9 Å². The topological polar surface area (TPSA) is 51.0 Å². The van der Waals surface area contributed by atoms with E-state index in [-0.39, 0.29) is 5.60 Å². The Bertz CT molecular complexity index is 764. The molecule has 6 heteroatoms. The van der Waals surface area contributed by atoms with Gasteiger partial charge in [0, 0.05) is 43.6 Å². The molecule has 25 heavy (non-hydrogen) atoms. The SMILES string of the molecule is COC1(c2csc(Sc3ccc(/C(C)=N/O)c(C)c3)c2)CCOCC1. The highest BCUT2D eigenvalue weighted by atomic mass is 32.2. The maximum atomic E-state index is 8.96. The van der Waals surface area contributed by atoms with Crippen molar-refractivity contribution in [1.82, 2.24) is 0 Å². The van der Waals surface area contributed by atoms with E-state index >= 15 is 0 Å². The van der Waals surface area contributed by atoms with Gasteiger partial charge in [-0.05, 0) is 48.6 Å². The number of hydrogen-bond acceptors (Lipinski definition) is 6. The van der Waals surface area contributed by atoms with E-state index in [9.17, 15) is 0 Å². The number of aryl methyl sites for hydroxylation is 1. The molecule has 0 unspecified atom stereocenters. The third kappa shape index (κ3) is 3.92. The molecule has 1 aromatic carbocycles. The Balaban J connectivity index is 1.78. The lowest BCUT2D eigenvalue weighted by Crippen LogP contribution is -2.35. The van der Waals surface area contributed by atoms with E-state index in [1.54, 1.807) is 37.1 Å². The van der Waals surface area contributed by atoms with Gasteiger partial charge in [-0.1, -0.05) is 23.0 Å². The first-order valence-corrected chi connectivity index (χ1v) is 9.97. The first-order valence-electron chi connectivity index (χ1n) is 8.27. The molecule has 2 aromatic rings. The van der Waals surface area contributed by atoms with Crippen LogP contribution >= 0.6 is 23.1 Å². The third-order valence-corrected chi connectivity index (χ3v) is 6.82. The smallest absolute Gasteiger partial charge is 0.0979 e. The van der Waals surface area contributed by atoms with Gasteiger partial charge in [0.2, 0.25) is 0 Å². The van der Waals surface area contributed by atoms with E-state index in [2.05, 4.69) is 28.7 Å². The molecule has 3 rings (SSSR count). The lowest BCUT2D eigenvalue weighted by atomic mass is 9.88. The van der Waals surface area contributed by atoms with Gasteiger partial charge in [-0.15, -0.1) is 11.3 Å². The van der Waals surface area contributed by atoms with E-state index < -0.39 is 0 Å². The summed E-state index contributed by atoms with van der Waals surface area (Å²) in [4.78, 5) is 1.18. The van der Waals surface area contributed by atoms with Gasteiger partial charge < -0.3 is 14.7 Å². The van der Waals surface area contributed by atoms with Crippen LogP contribution in [-0.2, 0) is 15.1 Å². The van der Waals surface area contributed by atoms with Gasteiger partial charge in [0.15, 0.2) is 0 Å². The quantitative estimate of drug-likeness (QED) is 0.450. The Kier molecular flexibility index (Phi) is 5.84. The standard InChI is InChI=1S/C19H23NO3S2/c1-13-10-16(4-5-17(13)14(2)20-21)25-18-11-15(12-24-18)19(22-3)6-8-23-9-7-19/h4-5,10-12,21H,6-9H2,1-3H3/b20-14+. The lowest BCUT2D eigenvalue weighted by molar-refractivity contribution is -0.0946. The predicted molar refractivity (Wildman–Crippen MR) is 102 cm³/mol. The van der Waals surface area contributed by atoms with Crippen molar-refractivity contribution in [3.8, 4) is 0 Å². The molecule has 0 aliphatic carbocycles. The van der Waals surface area contributed by atoms with Gasteiger partial charge in [-0.25, -0.2) is 0 Å². The van der Waals surface area contributed by atoms with Crippen molar-refractivity contribution in [1.29, 1.82) is 0 Å². The number of benzene rings is 1. The molecule has 1 N–H and O–H groups in total. The zero-order chi connectivity index (χ0) is 17.9. The van der Waals surface area contributed by atoms with Crippen molar-refractivity contribution in [3.63, 3.8) is 0 Å². The Morgan fingerprint density at radius 2 is 2.08 bits per heavy atom. The van der Waals surface area contributed by atoms with Crippen molar-refractivity contribution in [3.05, 3.63) is 46.3 Å². The van der Waals surface area contributed by atoms with Crippen molar-refractivity contribution in [2.24, 2.45) is 5.16 Å². The summed E-state index contributed by atoms with van der Waals surface area (Å²) in [5.41, 5.74) is 3.76. The van der Waals surface area contributed by atoms with Crippen LogP contribution in [0.2, 0.25) is 0 Å². The molecular weight excluding hydrogens is 354 g/mol. The molecule has 1 aliphatic rings. The number of ether oxygens (including phenoxy) is 2. The van der Waals surface area contributed by atoms with Crippen LogP contribution in [0.25, 0.3) is 0 Å². The number of rotatable bonds is 5. The van der Waals surface area contributed by atoms with Gasteiger partial charge in [0.1, 0.15) is 0 Å². The van der Waals surface area contributed by atoms with E-state index in [1.165, 1.54) is 14.7 Å². The summed E-state index contributed by atoms with van der Waals surface area (Å²) in [6.45, 7) is 5.34. The van der Waals surface area contributed by atoms with Gasteiger partial charge in [-0.2, -0.15) is 0 Å². The molecular formula is C19H23NO3S2. The highest BCUT2D eigenvalue weighted by Crippen LogP contribution is 2.41. The average molecular weight is 378 g/mol. The maximum Gasteiger partial charge on any atom is 0.0979 e. The summed E-state index contributed by atoms with van der Waals surface area (Å²) < 4.78 is 12.6. The van der Waals surface area contributed by atoms with Gasteiger partial charge in [0.25, 0.3) is 0 Å². The normalized spacial score (nSPS) is 17.6. The molecule has 2 heterocycles. The molecule has 1 saturated heterocycles. The summed E-state index contributed by atoms with van der Waals surface area (Å²) in [5, 5.41) is 14.5. The van der Waals surface area contributed by atoms with Gasteiger partial charge in [-0.3, -0.25) is 0 Å². The molecule has 0 saturated carbocycles. The van der Waals surface area contributed by atoms with Crippen LogP contribution in [0.1, 0.15) is 36.5 Å². The fourth-order valence-electron chi connectivity index (χ4n) is 3.20. The molecule has 4 nitrogen and oxygen atoms in total. The summed E-state index contributed by atoms with van der Waals surface area (Å²) in [6, 6.07) is 8.46. The predicted octanol–water partition coefficient (Wildman–Crippen LogP) is 5.06. The molecule has 0 amide bonds. The highest BCUT2D eigenvalue weighted by molar-refractivity contribution is 8.01. The number of methoxy groups -OCH3 is 1. The number of thiophene rings is 1. The summed E-state index contributed by atoms with van der Waals surface area (Å²) >= 11 is 3.50. The second-order valence-electron chi connectivity index (χ2n) is 6.23. The fourth-order valence-corrected chi connectivity index (χ4v) is 5.33. The second-order valence-corrected chi connectivity index (χ2v) is 8.51. The first kappa shape index (κ1) is 18.5. The van der Waals surface area contributed by atoms with Crippen molar-refractivity contribution >= 4 is 28.8 Å². The van der Waals surface area contributed by atoms with Crippen LogP contribution in [0.4, 0.5) is 0 Å². The van der Waals surface area contributed by atoms with Crippen LogP contribution in [0, 0.1) is 6.92 Å². The van der Waals surface area contributed by atoms with Gasteiger partial charge in [0.05, 0.1) is 15.5 Å². The largest absolute Gasteiger partial charge is 0.411 e. The molecule has 1 aliphatic heterocycles. The fraction of sp³-hybridized carbons (Fsp3) is 0.421. The molecule has 0 atom stereocenters. The molecule has 0 radical (unpaired) electrons. The zero-order valence-electron chi connectivity index (χ0n) is 14.7. The summed E-state index contributed by atoms with van der Waals surface area (Å²) in [6.07, 6.45) is 1.80. The average Bonchev–Trinajstić information content (AvgIpc) is 3.11. The Labute approximate surface area is 156 Å². The minimum absolute atomic E-state index is 0.206. The Hall–Kier alpha value is -1.34. The van der Waals surface area contributed by atoms with Crippen LogP contribution in [0.5, 0.6) is 0 Å². The molecule has 1 fully saturated rings. The minimum Gasteiger partial charge on any atom is -0.411 e. The van der Waals surface area contributed by atoms with E-state index in [1.807, 2.05) is 13.0 Å². The van der Waals surface area contributed by atoms with Crippen molar-refractivity contribution in [2.75, 3.05) is 20.3 Å². The van der Waals surface area contributed by atoms with Crippen LogP contribution in [0.3, 0.4) is 0 Å². The third-order valence-electron chi connectivity index (χ3n) is 4.75. The van der Waals surface area contributed by atoms with Crippen LogP contribution in [-0.4, -0.2) is 31.2 Å². The second kappa shape index (κ2) is 7.91. The monoisotopic (exact) mass is 377 g/mol. The maximum absolute atomic E-state index is 8.96.